The van der Waals surface area contributed by atoms with E-state index >= 15 is 0 Å². The predicted octanol–water partition coefficient (Wildman–Crippen LogP) is 2.22. The fourth-order valence-electron chi connectivity index (χ4n) is 2.54. The molecule has 0 spiro atoms. The minimum absolute atomic E-state index is 0.194. The Labute approximate surface area is 122 Å². The molecule has 118 valence electrons. The molecule has 0 saturated carbocycles. The van der Waals surface area contributed by atoms with Gasteiger partial charge >= 0.3 is 6.18 Å². The number of anilines is 1. The van der Waals surface area contributed by atoms with Crippen molar-refractivity contribution in [2.24, 2.45) is 5.92 Å². The molecule has 2 rings (SSSR count). The number of hydrogen-bond acceptors (Lipinski definition) is 4. The van der Waals surface area contributed by atoms with Crippen LogP contribution in [0.2, 0.25) is 0 Å². The van der Waals surface area contributed by atoms with Crippen LogP contribution in [0.25, 0.3) is 0 Å². The van der Waals surface area contributed by atoms with E-state index in [-0.39, 0.29) is 12.4 Å². The minimum atomic E-state index is -4.42. The number of piperidine rings is 1. The molecular weight excluding hydrogens is 283 g/mol. The fourth-order valence-corrected chi connectivity index (χ4v) is 2.54. The summed E-state index contributed by atoms with van der Waals surface area (Å²) >= 11 is 0. The van der Waals surface area contributed by atoms with Crippen molar-refractivity contribution in [3.63, 3.8) is 0 Å². The van der Waals surface area contributed by atoms with Crippen LogP contribution >= 0.6 is 0 Å². The van der Waals surface area contributed by atoms with Crippen molar-refractivity contribution in [2.45, 2.75) is 19.0 Å². The Morgan fingerprint density at radius 1 is 1.38 bits per heavy atom. The van der Waals surface area contributed by atoms with Gasteiger partial charge in [0.1, 0.15) is 11.5 Å². The van der Waals surface area contributed by atoms with Crippen LogP contribution in [-0.4, -0.2) is 47.8 Å². The molecule has 1 aliphatic heterocycles. The lowest BCUT2D eigenvalue weighted by Gasteiger charge is -2.31. The molecule has 0 unspecified atom stereocenters. The molecule has 0 radical (unpaired) electrons. The molecule has 0 amide bonds. The van der Waals surface area contributed by atoms with Gasteiger partial charge in [-0.1, -0.05) is 6.07 Å². The first-order chi connectivity index (χ1) is 9.99. The number of nitrogens with one attached hydrogen (secondary N) is 1. The first kappa shape index (κ1) is 16.0. The molecule has 0 bridgehead atoms. The van der Waals surface area contributed by atoms with E-state index in [1.165, 1.54) is 12.1 Å². The molecule has 1 aliphatic rings. The van der Waals surface area contributed by atoms with Crippen LogP contribution in [0.3, 0.4) is 0 Å². The van der Waals surface area contributed by atoms with E-state index < -0.39 is 11.9 Å². The average Bonchev–Trinajstić information content (AvgIpc) is 2.47. The second kappa shape index (κ2) is 7.09. The maximum Gasteiger partial charge on any atom is 0.433 e. The van der Waals surface area contributed by atoms with E-state index in [1.54, 1.807) is 0 Å². The SMILES string of the molecule is OC[C@@H]1CCCN(CCNc2cccc(C(F)(F)F)n2)C1. The Kier molecular flexibility index (Phi) is 5.41. The van der Waals surface area contributed by atoms with Gasteiger partial charge in [-0.25, -0.2) is 4.98 Å². The summed E-state index contributed by atoms with van der Waals surface area (Å²) in [7, 11) is 0. The highest BCUT2D eigenvalue weighted by Crippen LogP contribution is 2.28. The Morgan fingerprint density at radius 3 is 2.90 bits per heavy atom. The van der Waals surface area contributed by atoms with E-state index in [0.717, 1.165) is 38.5 Å². The van der Waals surface area contributed by atoms with Gasteiger partial charge in [0.25, 0.3) is 0 Å². The number of hydrogen-bond donors (Lipinski definition) is 2. The highest BCUT2D eigenvalue weighted by atomic mass is 19.4. The Bertz CT molecular complexity index is 453. The van der Waals surface area contributed by atoms with Crippen molar-refractivity contribution in [2.75, 3.05) is 38.1 Å². The van der Waals surface area contributed by atoms with E-state index in [9.17, 15) is 13.2 Å². The third-order valence-corrected chi connectivity index (χ3v) is 3.63. The van der Waals surface area contributed by atoms with Gasteiger partial charge in [-0.05, 0) is 37.4 Å². The number of aliphatic hydroxyl groups excluding tert-OH is 1. The largest absolute Gasteiger partial charge is 0.433 e. The standard InChI is InChI=1S/C14H20F3N3O/c15-14(16,17)12-4-1-5-13(19-12)18-6-8-20-7-2-3-11(9-20)10-21/h1,4-5,11,21H,2-3,6-10H2,(H,18,19)/t11-/m1/s1. The van der Waals surface area contributed by atoms with Crippen molar-refractivity contribution in [3.8, 4) is 0 Å². The molecule has 1 atom stereocenters. The maximum absolute atomic E-state index is 12.5. The number of aromatic nitrogens is 1. The molecule has 4 nitrogen and oxygen atoms in total. The average molecular weight is 303 g/mol. The van der Waals surface area contributed by atoms with Gasteiger partial charge in [0, 0.05) is 26.2 Å². The molecular formula is C14H20F3N3O. The van der Waals surface area contributed by atoms with E-state index in [4.69, 9.17) is 5.11 Å². The summed E-state index contributed by atoms with van der Waals surface area (Å²) in [5, 5.41) is 12.1. The summed E-state index contributed by atoms with van der Waals surface area (Å²) in [6.45, 7) is 3.27. The quantitative estimate of drug-likeness (QED) is 0.875. The van der Waals surface area contributed by atoms with Crippen LogP contribution in [0.1, 0.15) is 18.5 Å². The zero-order valence-corrected chi connectivity index (χ0v) is 11.7. The monoisotopic (exact) mass is 303 g/mol. The number of pyridine rings is 1. The number of nitrogens with zero attached hydrogens (tertiary/aromatic N) is 2. The van der Waals surface area contributed by atoms with Gasteiger partial charge in [0.15, 0.2) is 0 Å². The van der Waals surface area contributed by atoms with Crippen molar-refractivity contribution in [1.82, 2.24) is 9.88 Å². The van der Waals surface area contributed by atoms with Gasteiger partial charge in [-0.2, -0.15) is 13.2 Å². The van der Waals surface area contributed by atoms with E-state index in [1.807, 2.05) is 0 Å². The van der Waals surface area contributed by atoms with E-state index in [0.29, 0.717) is 12.5 Å². The first-order valence-corrected chi connectivity index (χ1v) is 7.10. The Morgan fingerprint density at radius 2 is 2.19 bits per heavy atom. The molecule has 1 saturated heterocycles. The smallest absolute Gasteiger partial charge is 0.396 e. The van der Waals surface area contributed by atoms with Crippen LogP contribution in [0.15, 0.2) is 18.2 Å². The van der Waals surface area contributed by atoms with Crippen molar-refractivity contribution >= 4 is 5.82 Å². The fraction of sp³-hybridized carbons (Fsp3) is 0.643. The van der Waals surface area contributed by atoms with Crippen LogP contribution < -0.4 is 5.32 Å². The van der Waals surface area contributed by atoms with Crippen LogP contribution in [0, 0.1) is 5.92 Å². The first-order valence-electron chi connectivity index (χ1n) is 7.10. The lowest BCUT2D eigenvalue weighted by atomic mass is 9.99. The van der Waals surface area contributed by atoms with Crippen LogP contribution in [0.5, 0.6) is 0 Å². The minimum Gasteiger partial charge on any atom is -0.396 e. The van der Waals surface area contributed by atoms with Crippen molar-refractivity contribution in [3.05, 3.63) is 23.9 Å². The third-order valence-electron chi connectivity index (χ3n) is 3.63. The lowest BCUT2D eigenvalue weighted by molar-refractivity contribution is -0.141. The van der Waals surface area contributed by atoms with Gasteiger partial charge in [-0.15, -0.1) is 0 Å². The highest BCUT2D eigenvalue weighted by molar-refractivity contribution is 5.35. The Hall–Kier alpha value is -1.34. The number of halogens is 3. The number of likely N-dealkylation sites (tertiary alicyclic amines) is 1. The predicted molar refractivity (Wildman–Crippen MR) is 74.0 cm³/mol. The molecule has 1 aromatic rings. The normalized spacial score (nSPS) is 20.5. The summed E-state index contributed by atoms with van der Waals surface area (Å²) in [5.74, 6) is 0.547. The summed E-state index contributed by atoms with van der Waals surface area (Å²) < 4.78 is 37.6. The molecule has 2 N–H and O–H groups in total. The topological polar surface area (TPSA) is 48.4 Å². The molecule has 0 aliphatic carbocycles. The van der Waals surface area contributed by atoms with E-state index in [2.05, 4.69) is 15.2 Å². The summed E-state index contributed by atoms with van der Waals surface area (Å²) in [6, 6.07) is 3.84. The lowest BCUT2D eigenvalue weighted by Crippen LogP contribution is -2.39. The zero-order valence-electron chi connectivity index (χ0n) is 11.7. The number of alkyl halides is 3. The van der Waals surface area contributed by atoms with Crippen molar-refractivity contribution in [1.29, 1.82) is 0 Å². The summed E-state index contributed by atoms with van der Waals surface area (Å²) in [4.78, 5) is 5.78. The number of rotatable bonds is 5. The summed E-state index contributed by atoms with van der Waals surface area (Å²) in [5.41, 5.74) is -0.884. The highest BCUT2D eigenvalue weighted by Gasteiger charge is 2.32. The second-order valence-corrected chi connectivity index (χ2v) is 5.32. The van der Waals surface area contributed by atoms with Gasteiger partial charge in [0.2, 0.25) is 0 Å². The molecule has 1 fully saturated rings. The van der Waals surface area contributed by atoms with Gasteiger partial charge in [-0.3, -0.25) is 0 Å². The molecule has 0 aromatic carbocycles. The van der Waals surface area contributed by atoms with Crippen molar-refractivity contribution < 1.29 is 18.3 Å². The molecule has 7 heteroatoms. The second-order valence-electron chi connectivity index (χ2n) is 5.32. The molecule has 1 aromatic heterocycles. The van der Waals surface area contributed by atoms with Crippen LogP contribution in [-0.2, 0) is 6.18 Å². The number of aliphatic hydroxyl groups is 1. The van der Waals surface area contributed by atoms with Gasteiger partial charge in [0.05, 0.1) is 0 Å². The molecule has 21 heavy (non-hydrogen) atoms. The Balaban J connectivity index is 1.81. The van der Waals surface area contributed by atoms with Crippen LogP contribution in [0.4, 0.5) is 19.0 Å². The molecule has 2 heterocycles. The summed E-state index contributed by atoms with van der Waals surface area (Å²) in [6.07, 6.45) is -2.33. The zero-order chi connectivity index (χ0) is 15.3. The maximum atomic E-state index is 12.5. The third kappa shape index (κ3) is 4.86. The van der Waals surface area contributed by atoms with Gasteiger partial charge < -0.3 is 15.3 Å².